The second-order valence-electron chi connectivity index (χ2n) is 4.31. The maximum Gasteiger partial charge on any atom is 0.346 e. The molecule has 2 aromatic heterocycles. The molecule has 0 aliphatic heterocycles. The molecule has 0 radical (unpaired) electrons. The summed E-state index contributed by atoms with van der Waals surface area (Å²) < 4.78 is 1.94. The van der Waals surface area contributed by atoms with Crippen molar-refractivity contribution in [2.75, 3.05) is 0 Å². The number of thioether (sulfide) groups is 1. The van der Waals surface area contributed by atoms with Crippen molar-refractivity contribution < 1.29 is 9.90 Å². The molecule has 2 heterocycles. The van der Waals surface area contributed by atoms with Crippen LogP contribution in [-0.2, 0) is 5.75 Å². The van der Waals surface area contributed by atoms with E-state index in [0.29, 0.717) is 10.6 Å². The summed E-state index contributed by atoms with van der Waals surface area (Å²) in [5.74, 6) is -0.268. The molecule has 0 amide bonds. The van der Waals surface area contributed by atoms with Crippen LogP contribution in [0.5, 0.6) is 0 Å². The van der Waals surface area contributed by atoms with Crippen LogP contribution in [-0.4, -0.2) is 16.1 Å². The molecule has 6 heteroatoms. The summed E-state index contributed by atoms with van der Waals surface area (Å²) in [6.45, 7) is 0. The highest BCUT2D eigenvalue weighted by atomic mass is 79.9. The van der Waals surface area contributed by atoms with Gasteiger partial charge in [0.05, 0.1) is 5.03 Å². The number of hydrogen-bond donors (Lipinski definition) is 1. The maximum absolute atomic E-state index is 11.4. The number of halogens is 1. The summed E-state index contributed by atoms with van der Waals surface area (Å²) in [6.07, 6.45) is 1.74. The van der Waals surface area contributed by atoms with Crippen LogP contribution in [0.1, 0.15) is 15.2 Å². The lowest BCUT2D eigenvalue weighted by Gasteiger charge is -2.02. The third kappa shape index (κ3) is 3.12. The van der Waals surface area contributed by atoms with E-state index < -0.39 is 5.97 Å². The van der Waals surface area contributed by atoms with E-state index in [1.807, 2.05) is 36.4 Å². The van der Waals surface area contributed by atoms with Crippen LogP contribution in [0.15, 0.2) is 52.1 Å². The molecule has 0 saturated carbocycles. The summed E-state index contributed by atoms with van der Waals surface area (Å²) in [5, 5.41) is 11.3. The maximum atomic E-state index is 11.4. The number of aromatic carboxylic acids is 1. The number of carboxylic acids is 1. The van der Waals surface area contributed by atoms with E-state index in [1.165, 1.54) is 11.3 Å². The van der Waals surface area contributed by atoms with Gasteiger partial charge in [0.15, 0.2) is 0 Å². The molecular weight excluding hydrogens is 370 g/mol. The Bertz CT molecular complexity index is 799. The quantitative estimate of drug-likeness (QED) is 0.644. The molecule has 0 bridgehead atoms. The van der Waals surface area contributed by atoms with Crippen LogP contribution in [0.3, 0.4) is 0 Å². The fraction of sp³-hybridized carbons (Fsp3) is 0.0667. The SMILES string of the molecule is O=C(O)c1sc2ccccc2c1CSc1ccc(Br)cn1. The van der Waals surface area contributed by atoms with Crippen LogP contribution in [0, 0.1) is 0 Å². The van der Waals surface area contributed by atoms with Crippen molar-refractivity contribution >= 4 is 55.1 Å². The van der Waals surface area contributed by atoms with Crippen molar-refractivity contribution in [1.82, 2.24) is 4.98 Å². The second-order valence-corrected chi connectivity index (χ2v) is 7.28. The zero-order valence-electron chi connectivity index (χ0n) is 10.7. The third-order valence-corrected chi connectivity index (χ3v) is 5.60. The largest absolute Gasteiger partial charge is 0.477 e. The fourth-order valence-corrected chi connectivity index (χ4v) is 4.28. The van der Waals surface area contributed by atoms with Crippen molar-refractivity contribution in [2.45, 2.75) is 10.8 Å². The number of benzene rings is 1. The predicted octanol–water partition coefficient (Wildman–Crippen LogP) is 5.05. The van der Waals surface area contributed by atoms with Gasteiger partial charge in [-0.25, -0.2) is 9.78 Å². The van der Waals surface area contributed by atoms with E-state index in [0.717, 1.165) is 25.1 Å². The third-order valence-electron chi connectivity index (χ3n) is 2.96. The lowest BCUT2D eigenvalue weighted by Crippen LogP contribution is -1.96. The Morgan fingerprint density at radius 1 is 1.29 bits per heavy atom. The minimum atomic E-state index is -0.865. The molecule has 0 aliphatic carbocycles. The first-order valence-electron chi connectivity index (χ1n) is 6.13. The minimum Gasteiger partial charge on any atom is -0.477 e. The Labute approximate surface area is 138 Å². The molecule has 0 unspecified atom stereocenters. The highest BCUT2D eigenvalue weighted by molar-refractivity contribution is 9.10. The second kappa shape index (κ2) is 6.17. The van der Waals surface area contributed by atoms with Crippen molar-refractivity contribution in [1.29, 1.82) is 0 Å². The number of aromatic nitrogens is 1. The number of thiophene rings is 1. The van der Waals surface area contributed by atoms with Gasteiger partial charge in [0.25, 0.3) is 0 Å². The van der Waals surface area contributed by atoms with E-state index in [-0.39, 0.29) is 0 Å². The van der Waals surface area contributed by atoms with Crippen LogP contribution >= 0.6 is 39.0 Å². The number of hydrogen-bond acceptors (Lipinski definition) is 4. The summed E-state index contributed by atoms with van der Waals surface area (Å²) in [6, 6.07) is 11.6. The average Bonchev–Trinajstić information content (AvgIpc) is 2.86. The molecule has 0 spiro atoms. The molecule has 3 nitrogen and oxygen atoms in total. The Morgan fingerprint density at radius 2 is 2.10 bits per heavy atom. The van der Waals surface area contributed by atoms with E-state index >= 15 is 0 Å². The fourth-order valence-electron chi connectivity index (χ4n) is 2.01. The molecular formula is C15H10BrNO2S2. The normalized spacial score (nSPS) is 10.9. The lowest BCUT2D eigenvalue weighted by molar-refractivity contribution is 0.0701. The molecule has 0 aliphatic rings. The Balaban J connectivity index is 1.93. The van der Waals surface area contributed by atoms with Crippen molar-refractivity contribution in [2.24, 2.45) is 0 Å². The number of nitrogens with zero attached hydrogens (tertiary/aromatic N) is 1. The van der Waals surface area contributed by atoms with E-state index in [1.54, 1.807) is 18.0 Å². The summed E-state index contributed by atoms with van der Waals surface area (Å²) in [5.41, 5.74) is 0.873. The van der Waals surface area contributed by atoms with Gasteiger partial charge >= 0.3 is 5.97 Å². The molecule has 1 aromatic carbocycles. The average molecular weight is 380 g/mol. The summed E-state index contributed by atoms with van der Waals surface area (Å²) >= 11 is 6.22. The first-order chi connectivity index (χ1) is 10.1. The van der Waals surface area contributed by atoms with Gasteiger partial charge in [0.1, 0.15) is 4.88 Å². The van der Waals surface area contributed by atoms with Crippen molar-refractivity contribution in [3.63, 3.8) is 0 Å². The van der Waals surface area contributed by atoms with Crippen LogP contribution < -0.4 is 0 Å². The molecule has 21 heavy (non-hydrogen) atoms. The van der Waals surface area contributed by atoms with E-state index in [4.69, 9.17) is 0 Å². The first-order valence-corrected chi connectivity index (χ1v) is 8.72. The Hall–Kier alpha value is -1.37. The van der Waals surface area contributed by atoms with Gasteiger partial charge in [-0.2, -0.15) is 0 Å². The van der Waals surface area contributed by atoms with Crippen LogP contribution in [0.4, 0.5) is 0 Å². The van der Waals surface area contributed by atoms with Gasteiger partial charge in [0.2, 0.25) is 0 Å². The first kappa shape index (κ1) is 14.6. The topological polar surface area (TPSA) is 50.2 Å². The number of pyridine rings is 1. The molecule has 106 valence electrons. The van der Waals surface area contributed by atoms with Gasteiger partial charge in [-0.15, -0.1) is 23.1 Å². The van der Waals surface area contributed by atoms with Crippen LogP contribution in [0.25, 0.3) is 10.1 Å². The van der Waals surface area contributed by atoms with Gasteiger partial charge in [-0.3, -0.25) is 0 Å². The smallest absolute Gasteiger partial charge is 0.346 e. The highest BCUT2D eigenvalue weighted by Gasteiger charge is 2.17. The van der Waals surface area contributed by atoms with E-state index in [2.05, 4.69) is 20.9 Å². The number of fused-ring (bicyclic) bond motifs is 1. The Morgan fingerprint density at radius 3 is 2.81 bits per heavy atom. The van der Waals surface area contributed by atoms with Gasteiger partial charge < -0.3 is 5.11 Å². The molecule has 3 rings (SSSR count). The summed E-state index contributed by atoms with van der Waals surface area (Å²) in [4.78, 5) is 16.1. The number of rotatable bonds is 4. The zero-order chi connectivity index (χ0) is 14.8. The monoisotopic (exact) mass is 379 g/mol. The van der Waals surface area contributed by atoms with Gasteiger partial charge in [-0.1, -0.05) is 18.2 Å². The van der Waals surface area contributed by atoms with Crippen molar-refractivity contribution in [3.8, 4) is 0 Å². The highest BCUT2D eigenvalue weighted by Crippen LogP contribution is 2.35. The van der Waals surface area contributed by atoms with Crippen LogP contribution in [0.2, 0.25) is 0 Å². The number of carboxylic acid groups (broad SMARTS) is 1. The lowest BCUT2D eigenvalue weighted by atomic mass is 10.1. The minimum absolute atomic E-state index is 0.417. The molecule has 0 saturated heterocycles. The number of carbonyl (C=O) groups is 1. The van der Waals surface area contributed by atoms with Gasteiger partial charge in [-0.05, 0) is 45.1 Å². The van der Waals surface area contributed by atoms with E-state index in [9.17, 15) is 9.90 Å². The molecule has 3 aromatic rings. The summed E-state index contributed by atoms with van der Waals surface area (Å²) in [7, 11) is 0. The zero-order valence-corrected chi connectivity index (χ0v) is 14.0. The van der Waals surface area contributed by atoms with Crippen molar-refractivity contribution in [3.05, 3.63) is 57.5 Å². The standard InChI is InChI=1S/C15H10BrNO2S2/c16-9-5-6-13(17-7-9)20-8-11-10-3-1-2-4-12(10)21-14(11)15(18)19/h1-7H,8H2,(H,18,19). The predicted molar refractivity (Wildman–Crippen MR) is 90.3 cm³/mol. The molecule has 0 atom stereocenters. The molecule has 1 N–H and O–H groups in total. The Kier molecular flexibility index (Phi) is 4.28. The van der Waals surface area contributed by atoms with Gasteiger partial charge in [0, 0.05) is 21.1 Å². The molecule has 0 fully saturated rings.